The lowest BCUT2D eigenvalue weighted by molar-refractivity contribution is -0.384. The second-order valence-corrected chi connectivity index (χ2v) is 4.48. The molecule has 0 fully saturated rings. The summed E-state index contributed by atoms with van der Waals surface area (Å²) in [6.07, 6.45) is 1.14. The van der Waals surface area contributed by atoms with Crippen LogP contribution in [0.1, 0.15) is 15.9 Å². The van der Waals surface area contributed by atoms with E-state index in [0.29, 0.717) is 5.56 Å². The molecule has 0 saturated heterocycles. The third kappa shape index (κ3) is 3.70. The Kier molecular flexibility index (Phi) is 4.69. The van der Waals surface area contributed by atoms with Gasteiger partial charge in [0.1, 0.15) is 0 Å². The number of methoxy groups -OCH3 is 1. The Labute approximate surface area is 129 Å². The van der Waals surface area contributed by atoms with Crippen molar-refractivity contribution in [2.75, 3.05) is 12.4 Å². The number of carbonyl (C=O) groups excluding carboxylic acids is 1. The van der Waals surface area contributed by atoms with E-state index in [2.05, 4.69) is 15.0 Å². The van der Waals surface area contributed by atoms with Crippen LogP contribution in [-0.2, 0) is 11.3 Å². The number of phenolic OH excluding ortho intramolecular Hbond substituents is 1. The van der Waals surface area contributed by atoms with Crippen molar-refractivity contribution in [1.29, 1.82) is 0 Å². The maximum atomic E-state index is 13.2. The molecule has 1 aromatic carbocycles. The molecule has 0 aliphatic rings. The number of nitrogens with one attached hydrogen (secondary N) is 1. The van der Waals surface area contributed by atoms with Gasteiger partial charge in [-0.1, -0.05) is 6.07 Å². The van der Waals surface area contributed by atoms with Gasteiger partial charge in [0, 0.05) is 18.8 Å². The number of phenols is 1. The third-order valence-electron chi connectivity index (χ3n) is 2.96. The molecular formula is C14H12FN3O5. The van der Waals surface area contributed by atoms with E-state index in [1.165, 1.54) is 12.1 Å². The van der Waals surface area contributed by atoms with Crippen molar-refractivity contribution in [3.05, 3.63) is 57.5 Å². The van der Waals surface area contributed by atoms with Gasteiger partial charge in [-0.2, -0.15) is 0 Å². The van der Waals surface area contributed by atoms with E-state index in [1.54, 1.807) is 0 Å². The lowest BCUT2D eigenvalue weighted by Crippen LogP contribution is -2.08. The Morgan fingerprint density at radius 3 is 2.83 bits per heavy atom. The minimum Gasteiger partial charge on any atom is -0.505 e. The molecule has 9 heteroatoms. The first-order valence-electron chi connectivity index (χ1n) is 6.36. The molecule has 0 spiro atoms. The zero-order chi connectivity index (χ0) is 17.0. The predicted octanol–water partition coefficient (Wildman–Crippen LogP) is 2.23. The summed E-state index contributed by atoms with van der Waals surface area (Å²) in [7, 11) is 1.15. The fourth-order valence-corrected chi connectivity index (χ4v) is 1.80. The van der Waals surface area contributed by atoms with E-state index in [4.69, 9.17) is 5.11 Å². The number of carbonyl (C=O) groups is 1. The smallest absolute Gasteiger partial charge is 0.339 e. The Balaban J connectivity index is 2.23. The second-order valence-electron chi connectivity index (χ2n) is 4.48. The van der Waals surface area contributed by atoms with Crippen molar-refractivity contribution < 1.29 is 24.0 Å². The Bertz CT molecular complexity index is 766. The SMILES string of the molecule is COC(=O)c1cnc(NCc2ccc(O)c(F)c2)c([N+](=O)[O-])c1. The van der Waals surface area contributed by atoms with Crippen molar-refractivity contribution in [3.8, 4) is 5.75 Å². The quantitative estimate of drug-likeness (QED) is 0.493. The van der Waals surface area contributed by atoms with E-state index < -0.39 is 28.1 Å². The van der Waals surface area contributed by atoms with Crippen molar-refractivity contribution in [1.82, 2.24) is 4.98 Å². The van der Waals surface area contributed by atoms with Crippen LogP contribution in [0.15, 0.2) is 30.5 Å². The van der Waals surface area contributed by atoms with Crippen molar-refractivity contribution in [2.24, 2.45) is 0 Å². The molecule has 0 aliphatic heterocycles. The van der Waals surface area contributed by atoms with Gasteiger partial charge in [0.15, 0.2) is 11.6 Å². The number of esters is 1. The molecule has 0 aliphatic carbocycles. The molecule has 0 atom stereocenters. The molecule has 0 amide bonds. The maximum absolute atomic E-state index is 13.2. The van der Waals surface area contributed by atoms with E-state index in [1.807, 2.05) is 0 Å². The number of aromatic nitrogens is 1. The average molecular weight is 321 g/mol. The number of pyridine rings is 1. The molecule has 1 aromatic heterocycles. The van der Waals surface area contributed by atoms with E-state index in [0.717, 1.165) is 25.4 Å². The van der Waals surface area contributed by atoms with Crippen LogP contribution in [0.25, 0.3) is 0 Å². The van der Waals surface area contributed by atoms with Gasteiger partial charge in [-0.15, -0.1) is 0 Å². The summed E-state index contributed by atoms with van der Waals surface area (Å²) in [5.41, 5.74) is -0.0129. The van der Waals surface area contributed by atoms with Gasteiger partial charge >= 0.3 is 11.7 Å². The summed E-state index contributed by atoms with van der Waals surface area (Å²) < 4.78 is 17.7. The number of rotatable bonds is 5. The largest absolute Gasteiger partial charge is 0.505 e. The normalized spacial score (nSPS) is 10.2. The summed E-state index contributed by atoms with van der Waals surface area (Å²) >= 11 is 0. The number of benzene rings is 1. The van der Waals surface area contributed by atoms with Crippen LogP contribution in [0.4, 0.5) is 15.9 Å². The third-order valence-corrected chi connectivity index (χ3v) is 2.96. The van der Waals surface area contributed by atoms with Crippen molar-refractivity contribution in [3.63, 3.8) is 0 Å². The van der Waals surface area contributed by atoms with Crippen LogP contribution in [-0.4, -0.2) is 28.1 Å². The lowest BCUT2D eigenvalue weighted by Gasteiger charge is -2.08. The van der Waals surface area contributed by atoms with Gasteiger partial charge in [0.25, 0.3) is 0 Å². The molecule has 0 unspecified atom stereocenters. The van der Waals surface area contributed by atoms with Gasteiger partial charge in [0.2, 0.25) is 5.82 Å². The number of hydrogen-bond donors (Lipinski definition) is 2. The number of nitrogens with zero attached hydrogens (tertiary/aromatic N) is 2. The highest BCUT2D eigenvalue weighted by molar-refractivity contribution is 5.90. The molecule has 2 rings (SSSR count). The van der Waals surface area contributed by atoms with E-state index in [-0.39, 0.29) is 17.9 Å². The summed E-state index contributed by atoms with van der Waals surface area (Å²) in [5, 5.41) is 22.9. The molecule has 8 nitrogen and oxygen atoms in total. The highest BCUT2D eigenvalue weighted by atomic mass is 19.1. The predicted molar refractivity (Wildman–Crippen MR) is 77.6 cm³/mol. The van der Waals surface area contributed by atoms with Crippen LogP contribution < -0.4 is 5.32 Å². The van der Waals surface area contributed by atoms with Crippen LogP contribution in [0.2, 0.25) is 0 Å². The number of halogens is 1. The summed E-state index contributed by atoms with van der Waals surface area (Å²) in [6, 6.07) is 4.77. The number of nitro groups is 1. The fraction of sp³-hybridized carbons (Fsp3) is 0.143. The van der Waals surface area contributed by atoms with Crippen molar-refractivity contribution in [2.45, 2.75) is 6.54 Å². The molecule has 0 bridgehead atoms. The molecule has 2 N–H and O–H groups in total. The molecule has 1 heterocycles. The fourth-order valence-electron chi connectivity index (χ4n) is 1.80. The average Bonchev–Trinajstić information content (AvgIpc) is 2.55. The minimum atomic E-state index is -0.798. The first kappa shape index (κ1) is 16.1. The maximum Gasteiger partial charge on any atom is 0.339 e. The highest BCUT2D eigenvalue weighted by Crippen LogP contribution is 2.24. The molecule has 2 aromatic rings. The first-order chi connectivity index (χ1) is 10.9. The zero-order valence-electron chi connectivity index (χ0n) is 11.9. The van der Waals surface area contributed by atoms with Crippen molar-refractivity contribution >= 4 is 17.5 Å². The Morgan fingerprint density at radius 2 is 2.22 bits per heavy atom. The van der Waals surface area contributed by atoms with E-state index >= 15 is 0 Å². The number of aromatic hydroxyl groups is 1. The zero-order valence-corrected chi connectivity index (χ0v) is 11.9. The summed E-state index contributed by atoms with van der Waals surface area (Å²) in [5.74, 6) is -2.10. The summed E-state index contributed by atoms with van der Waals surface area (Å²) in [6.45, 7) is 0.0443. The number of anilines is 1. The van der Waals surface area contributed by atoms with Gasteiger partial charge in [0.05, 0.1) is 17.6 Å². The van der Waals surface area contributed by atoms with E-state index in [9.17, 15) is 19.3 Å². The van der Waals surface area contributed by atoms with Crippen LogP contribution >= 0.6 is 0 Å². The molecule has 120 valence electrons. The molecule has 0 saturated carbocycles. The highest BCUT2D eigenvalue weighted by Gasteiger charge is 2.19. The Hall–Kier alpha value is -3.23. The minimum absolute atomic E-state index is 0.0443. The van der Waals surface area contributed by atoms with Gasteiger partial charge in [-0.3, -0.25) is 10.1 Å². The first-order valence-corrected chi connectivity index (χ1v) is 6.36. The number of hydrogen-bond acceptors (Lipinski definition) is 7. The molecule has 23 heavy (non-hydrogen) atoms. The number of ether oxygens (including phenoxy) is 1. The standard InChI is InChI=1S/C14H12FN3O5/c1-23-14(20)9-5-11(18(21)22)13(17-7-9)16-6-8-2-3-12(19)10(15)4-8/h2-5,7,19H,6H2,1H3,(H,16,17). The van der Waals surface area contributed by atoms with Gasteiger partial charge in [-0.25, -0.2) is 14.2 Å². The lowest BCUT2D eigenvalue weighted by atomic mass is 10.2. The van der Waals surface area contributed by atoms with Crippen LogP contribution in [0.3, 0.4) is 0 Å². The van der Waals surface area contributed by atoms with Gasteiger partial charge < -0.3 is 15.2 Å². The molecular weight excluding hydrogens is 309 g/mol. The van der Waals surface area contributed by atoms with Crippen LogP contribution in [0.5, 0.6) is 5.75 Å². The Morgan fingerprint density at radius 1 is 1.48 bits per heavy atom. The van der Waals surface area contributed by atoms with Gasteiger partial charge in [-0.05, 0) is 17.7 Å². The van der Waals surface area contributed by atoms with Crippen LogP contribution in [0, 0.1) is 15.9 Å². The monoisotopic (exact) mass is 321 g/mol. The topological polar surface area (TPSA) is 115 Å². The molecule has 0 radical (unpaired) electrons. The second kappa shape index (κ2) is 6.69. The summed E-state index contributed by atoms with van der Waals surface area (Å²) in [4.78, 5) is 25.6.